The van der Waals surface area contributed by atoms with Crippen LogP contribution in [0.5, 0.6) is 0 Å². The maximum absolute atomic E-state index is 13.1. The van der Waals surface area contributed by atoms with E-state index in [9.17, 15) is 9.59 Å². The highest BCUT2D eigenvalue weighted by Gasteiger charge is 2.16. The molecule has 1 heterocycles. The lowest BCUT2D eigenvalue weighted by molar-refractivity contribution is -0.127. The third-order valence-electron chi connectivity index (χ3n) is 4.53. The van der Waals surface area contributed by atoms with Crippen LogP contribution in [0.25, 0.3) is 10.9 Å². The molecule has 0 atom stereocenters. The molecule has 5 nitrogen and oxygen atoms in total. The maximum atomic E-state index is 13.1. The number of hydrogen-bond donors (Lipinski definition) is 0. The number of para-hydroxylation sites is 1. The predicted molar refractivity (Wildman–Crippen MR) is 119 cm³/mol. The second kappa shape index (κ2) is 9.56. The molecular formula is C23H25N3O2S. The lowest BCUT2D eigenvalue weighted by Crippen LogP contribution is -2.34. The Bertz CT molecular complexity index is 1080. The van der Waals surface area contributed by atoms with Crippen molar-refractivity contribution in [3.63, 3.8) is 0 Å². The highest BCUT2D eigenvalue weighted by molar-refractivity contribution is 7.99. The monoisotopic (exact) mass is 407 g/mol. The normalized spacial score (nSPS) is 10.8. The molecule has 0 radical (unpaired) electrons. The lowest BCUT2D eigenvalue weighted by atomic mass is 10.2. The van der Waals surface area contributed by atoms with Crippen molar-refractivity contribution in [3.05, 3.63) is 82.7 Å². The second-order valence-corrected chi connectivity index (χ2v) is 7.88. The number of carbonyl (C=O) groups is 1. The van der Waals surface area contributed by atoms with Crippen LogP contribution in [0.4, 0.5) is 0 Å². The number of amides is 1. The van der Waals surface area contributed by atoms with E-state index in [0.29, 0.717) is 35.7 Å². The molecule has 1 aromatic heterocycles. The minimum atomic E-state index is -0.0938. The fourth-order valence-corrected chi connectivity index (χ4v) is 3.98. The molecule has 150 valence electrons. The van der Waals surface area contributed by atoms with Crippen LogP contribution in [0.1, 0.15) is 19.4 Å². The third kappa shape index (κ3) is 5.15. The zero-order chi connectivity index (χ0) is 20.8. The van der Waals surface area contributed by atoms with E-state index in [4.69, 9.17) is 0 Å². The molecule has 0 spiro atoms. The Morgan fingerprint density at radius 3 is 2.52 bits per heavy atom. The molecule has 0 fully saturated rings. The summed E-state index contributed by atoms with van der Waals surface area (Å²) >= 11 is 1.31. The molecule has 0 aliphatic rings. The number of fused-ring (bicyclic) bond motifs is 1. The van der Waals surface area contributed by atoms with Gasteiger partial charge in [0.25, 0.3) is 5.56 Å². The Morgan fingerprint density at radius 2 is 1.83 bits per heavy atom. The Labute approximate surface area is 175 Å². The largest absolute Gasteiger partial charge is 0.338 e. The number of aromatic nitrogens is 2. The van der Waals surface area contributed by atoms with Gasteiger partial charge in [-0.05, 0) is 31.5 Å². The van der Waals surface area contributed by atoms with Gasteiger partial charge in [-0.2, -0.15) is 0 Å². The van der Waals surface area contributed by atoms with Gasteiger partial charge in [0.1, 0.15) is 0 Å². The number of thioether (sulfide) groups is 1. The molecule has 0 unspecified atom stereocenters. The summed E-state index contributed by atoms with van der Waals surface area (Å²) in [6, 6.07) is 17.1. The number of rotatable bonds is 8. The van der Waals surface area contributed by atoms with Gasteiger partial charge < -0.3 is 4.90 Å². The van der Waals surface area contributed by atoms with Crippen molar-refractivity contribution in [1.29, 1.82) is 0 Å². The van der Waals surface area contributed by atoms with Gasteiger partial charge >= 0.3 is 0 Å². The van der Waals surface area contributed by atoms with Gasteiger partial charge in [0.15, 0.2) is 5.16 Å². The number of hydrogen-bond acceptors (Lipinski definition) is 4. The Balaban J connectivity index is 1.93. The van der Waals surface area contributed by atoms with Crippen LogP contribution in [-0.4, -0.2) is 39.2 Å². The predicted octanol–water partition coefficient (Wildman–Crippen LogP) is 3.96. The topological polar surface area (TPSA) is 55.2 Å². The van der Waals surface area contributed by atoms with Crippen LogP contribution < -0.4 is 5.56 Å². The summed E-state index contributed by atoms with van der Waals surface area (Å²) in [5, 5.41) is 1.13. The smallest absolute Gasteiger partial charge is 0.262 e. The van der Waals surface area contributed by atoms with Gasteiger partial charge in [0.05, 0.1) is 23.2 Å². The summed E-state index contributed by atoms with van der Waals surface area (Å²) in [5.41, 5.74) is 2.50. The first-order valence-electron chi connectivity index (χ1n) is 9.58. The fraction of sp³-hybridized carbons (Fsp3) is 0.261. The number of carbonyl (C=O) groups excluding carboxylic acids is 1. The van der Waals surface area contributed by atoms with Crippen LogP contribution in [0.15, 0.2) is 76.7 Å². The molecule has 0 saturated carbocycles. The third-order valence-corrected chi connectivity index (χ3v) is 5.49. The zero-order valence-corrected chi connectivity index (χ0v) is 17.6. The molecule has 0 N–H and O–H groups in total. The summed E-state index contributed by atoms with van der Waals surface area (Å²) < 4.78 is 1.66. The summed E-state index contributed by atoms with van der Waals surface area (Å²) in [7, 11) is 0. The molecule has 2 aromatic carbocycles. The maximum Gasteiger partial charge on any atom is 0.262 e. The molecular weight excluding hydrogens is 382 g/mol. The van der Waals surface area contributed by atoms with E-state index in [-0.39, 0.29) is 17.2 Å². The Kier molecular flexibility index (Phi) is 6.88. The van der Waals surface area contributed by atoms with Crippen LogP contribution in [0, 0.1) is 0 Å². The molecule has 3 aromatic rings. The zero-order valence-electron chi connectivity index (χ0n) is 16.8. The summed E-state index contributed by atoms with van der Waals surface area (Å²) in [4.78, 5) is 32.2. The van der Waals surface area contributed by atoms with E-state index in [2.05, 4.69) is 11.6 Å². The molecule has 0 saturated heterocycles. The van der Waals surface area contributed by atoms with Gasteiger partial charge in [0, 0.05) is 13.1 Å². The summed E-state index contributed by atoms with van der Waals surface area (Å²) in [5.74, 6) is 0.231. The standard InChI is InChI=1S/C23H25N3O2S/c1-4-25(14-17(2)3)21(27)16-29-23-24-20-13-9-8-12-19(20)22(28)26(23)15-18-10-6-5-7-11-18/h5-13H,2,4,14-16H2,1,3H3. The molecule has 1 amide bonds. The first-order valence-corrected chi connectivity index (χ1v) is 10.6. The highest BCUT2D eigenvalue weighted by Crippen LogP contribution is 2.19. The molecule has 3 rings (SSSR count). The van der Waals surface area contributed by atoms with Crippen LogP contribution in [-0.2, 0) is 11.3 Å². The number of likely N-dealkylation sites (N-methyl/N-ethyl adjacent to an activating group) is 1. The molecule has 6 heteroatoms. The molecule has 0 bridgehead atoms. The fourth-order valence-electron chi connectivity index (χ4n) is 3.08. The molecule has 29 heavy (non-hydrogen) atoms. The molecule has 0 aliphatic carbocycles. The van der Waals surface area contributed by atoms with Crippen molar-refractivity contribution < 1.29 is 4.79 Å². The first-order chi connectivity index (χ1) is 14.0. The highest BCUT2D eigenvalue weighted by atomic mass is 32.2. The van der Waals surface area contributed by atoms with Crippen molar-refractivity contribution in [2.24, 2.45) is 0 Å². The van der Waals surface area contributed by atoms with Gasteiger partial charge in [-0.25, -0.2) is 4.98 Å². The Hall–Kier alpha value is -2.86. The minimum Gasteiger partial charge on any atom is -0.338 e. The van der Waals surface area contributed by atoms with Crippen molar-refractivity contribution in [2.75, 3.05) is 18.8 Å². The van der Waals surface area contributed by atoms with E-state index in [1.165, 1.54) is 11.8 Å². The molecule has 0 aliphatic heterocycles. The van der Waals surface area contributed by atoms with E-state index in [0.717, 1.165) is 11.1 Å². The number of nitrogens with zero attached hydrogens (tertiary/aromatic N) is 3. The SMILES string of the molecule is C=C(C)CN(CC)C(=O)CSc1nc2ccccc2c(=O)n1Cc1ccccc1. The first kappa shape index (κ1) is 20.9. The summed E-state index contributed by atoms with van der Waals surface area (Å²) in [6.07, 6.45) is 0. The van der Waals surface area contributed by atoms with Gasteiger partial charge in [0.2, 0.25) is 5.91 Å². The average Bonchev–Trinajstić information content (AvgIpc) is 2.73. The van der Waals surface area contributed by atoms with Crippen LogP contribution >= 0.6 is 11.8 Å². The van der Waals surface area contributed by atoms with Crippen LogP contribution in [0.3, 0.4) is 0 Å². The number of benzene rings is 2. The lowest BCUT2D eigenvalue weighted by Gasteiger charge is -2.21. The average molecular weight is 408 g/mol. The van der Waals surface area contributed by atoms with Crippen molar-refractivity contribution in [2.45, 2.75) is 25.5 Å². The van der Waals surface area contributed by atoms with E-state index < -0.39 is 0 Å². The van der Waals surface area contributed by atoms with E-state index in [1.54, 1.807) is 15.5 Å². The quantitative estimate of drug-likeness (QED) is 0.322. The second-order valence-electron chi connectivity index (χ2n) is 6.94. The van der Waals surface area contributed by atoms with Gasteiger partial charge in [-0.3, -0.25) is 14.2 Å². The van der Waals surface area contributed by atoms with Crippen molar-refractivity contribution in [1.82, 2.24) is 14.5 Å². The van der Waals surface area contributed by atoms with Gasteiger partial charge in [-0.15, -0.1) is 0 Å². The van der Waals surface area contributed by atoms with Crippen molar-refractivity contribution in [3.8, 4) is 0 Å². The van der Waals surface area contributed by atoms with Gasteiger partial charge in [-0.1, -0.05) is 66.4 Å². The minimum absolute atomic E-state index is 0.00849. The Morgan fingerprint density at radius 1 is 1.14 bits per heavy atom. The van der Waals surface area contributed by atoms with E-state index in [1.807, 2.05) is 62.4 Å². The van der Waals surface area contributed by atoms with E-state index >= 15 is 0 Å². The summed E-state index contributed by atoms with van der Waals surface area (Å²) in [6.45, 7) is 9.32. The van der Waals surface area contributed by atoms with Crippen LogP contribution in [0.2, 0.25) is 0 Å². The van der Waals surface area contributed by atoms with Crippen molar-refractivity contribution >= 4 is 28.6 Å².